The summed E-state index contributed by atoms with van der Waals surface area (Å²) >= 11 is 3.18. The molecule has 0 radical (unpaired) electrons. The number of nitrogens with zero attached hydrogens (tertiary/aromatic N) is 1. The monoisotopic (exact) mass is 237 g/mol. The molecule has 0 aromatic rings. The molecule has 1 atom stereocenters. The average Bonchev–Trinajstić information content (AvgIpc) is 1.82. The second-order valence-corrected chi connectivity index (χ2v) is 5.03. The lowest BCUT2D eigenvalue weighted by Gasteiger charge is -2.27. The van der Waals surface area contributed by atoms with Crippen LogP contribution in [0.2, 0.25) is 0 Å². The van der Waals surface area contributed by atoms with Crippen molar-refractivity contribution in [3.63, 3.8) is 0 Å². The predicted octanol–water partition coefficient (Wildman–Crippen LogP) is 1.96. The van der Waals surface area contributed by atoms with Crippen LogP contribution in [0.25, 0.3) is 0 Å². The minimum Gasteiger partial charge on any atom is -0.271 e. The third-order valence-corrected chi connectivity index (χ3v) is 1.45. The van der Waals surface area contributed by atoms with Crippen molar-refractivity contribution in [3.05, 3.63) is 0 Å². The Kier molecular flexibility index (Phi) is 4.20. The maximum atomic E-state index is 11.3. The molecule has 4 heteroatoms. The first-order valence-corrected chi connectivity index (χ1v) is 4.76. The molecule has 72 valence electrons. The highest BCUT2D eigenvalue weighted by atomic mass is 79.9. The smallest absolute Gasteiger partial charge is 0.259 e. The van der Waals surface area contributed by atoms with Crippen molar-refractivity contribution in [2.75, 3.05) is 7.05 Å². The van der Waals surface area contributed by atoms with Crippen molar-refractivity contribution in [1.29, 1.82) is 0 Å². The molecule has 0 rings (SSSR count). The molecule has 0 fully saturated rings. The van der Waals surface area contributed by atoms with E-state index in [-0.39, 0.29) is 16.3 Å². The highest BCUT2D eigenvalue weighted by Crippen LogP contribution is 2.11. The van der Waals surface area contributed by atoms with E-state index in [4.69, 9.17) is 4.84 Å². The van der Waals surface area contributed by atoms with Crippen LogP contribution in [0.15, 0.2) is 0 Å². The van der Waals surface area contributed by atoms with E-state index < -0.39 is 0 Å². The Balaban J connectivity index is 4.05. The predicted molar refractivity (Wildman–Crippen MR) is 52.0 cm³/mol. The summed E-state index contributed by atoms with van der Waals surface area (Å²) in [7, 11) is 1.62. The van der Waals surface area contributed by atoms with Crippen LogP contribution in [0.5, 0.6) is 0 Å². The third kappa shape index (κ3) is 4.72. The number of carbonyl (C=O) groups excluding carboxylic acids is 1. The van der Waals surface area contributed by atoms with Crippen molar-refractivity contribution in [2.24, 2.45) is 0 Å². The Morgan fingerprint density at radius 3 is 2.17 bits per heavy atom. The van der Waals surface area contributed by atoms with Crippen LogP contribution in [0, 0.1) is 0 Å². The fourth-order valence-electron chi connectivity index (χ4n) is 0.706. The maximum absolute atomic E-state index is 11.3. The van der Waals surface area contributed by atoms with E-state index in [9.17, 15) is 4.79 Å². The number of alkyl halides is 1. The zero-order valence-corrected chi connectivity index (χ0v) is 9.81. The van der Waals surface area contributed by atoms with Crippen LogP contribution in [-0.4, -0.2) is 28.4 Å². The molecule has 0 aliphatic rings. The molecule has 0 aliphatic heterocycles. The number of amides is 1. The summed E-state index contributed by atoms with van der Waals surface area (Å²) in [5.74, 6) is -0.0788. The first-order valence-electron chi connectivity index (χ1n) is 3.85. The number of carbonyl (C=O) groups is 1. The normalized spacial score (nSPS) is 14.2. The molecule has 0 spiro atoms. The fraction of sp³-hybridized carbons (Fsp3) is 0.875. The lowest BCUT2D eigenvalue weighted by molar-refractivity contribution is -0.215. The molecule has 0 aliphatic carbocycles. The first-order chi connectivity index (χ1) is 5.24. The van der Waals surface area contributed by atoms with E-state index in [0.29, 0.717) is 0 Å². The summed E-state index contributed by atoms with van der Waals surface area (Å²) in [6.07, 6.45) is 0. The average molecular weight is 238 g/mol. The molecule has 12 heavy (non-hydrogen) atoms. The highest BCUT2D eigenvalue weighted by Gasteiger charge is 2.20. The SMILES string of the molecule is C[C@@H](Br)C(=O)N(C)OC(C)(C)C. The standard InChI is InChI=1S/C8H16BrNO2/c1-6(9)7(11)10(5)12-8(2,3)4/h6H,1-5H3/t6-/m1/s1. The summed E-state index contributed by atoms with van der Waals surface area (Å²) in [6, 6.07) is 0. The first kappa shape index (κ1) is 11.9. The molecule has 0 unspecified atom stereocenters. The molecule has 0 bridgehead atoms. The van der Waals surface area contributed by atoms with Crippen molar-refractivity contribution >= 4 is 21.8 Å². The quantitative estimate of drug-likeness (QED) is 0.543. The van der Waals surface area contributed by atoms with Crippen molar-refractivity contribution < 1.29 is 9.63 Å². The van der Waals surface area contributed by atoms with Gasteiger partial charge in [0.05, 0.1) is 10.4 Å². The van der Waals surface area contributed by atoms with Crippen LogP contribution < -0.4 is 0 Å². The molecule has 0 aromatic heterocycles. The Labute approximate surface area is 82.2 Å². The molecule has 1 amide bonds. The molecule has 0 saturated heterocycles. The topological polar surface area (TPSA) is 29.5 Å². The minimum atomic E-state index is -0.327. The number of hydroxylamine groups is 2. The minimum absolute atomic E-state index is 0.0788. The van der Waals surface area contributed by atoms with Crippen molar-refractivity contribution in [2.45, 2.75) is 38.1 Å². The second-order valence-electron chi connectivity index (χ2n) is 3.66. The molecular formula is C8H16BrNO2. The van der Waals surface area contributed by atoms with Crippen LogP contribution in [0.4, 0.5) is 0 Å². The number of hydrogen-bond acceptors (Lipinski definition) is 2. The summed E-state index contributed by atoms with van der Waals surface area (Å²) < 4.78 is 0. The van der Waals surface area contributed by atoms with Gasteiger partial charge in [-0.3, -0.25) is 9.63 Å². The second kappa shape index (κ2) is 4.23. The summed E-state index contributed by atoms with van der Waals surface area (Å²) in [4.78, 5) is 16.4. The van der Waals surface area contributed by atoms with Gasteiger partial charge >= 0.3 is 0 Å². The van der Waals surface area contributed by atoms with Gasteiger partial charge in [0, 0.05) is 7.05 Å². The van der Waals surface area contributed by atoms with Gasteiger partial charge in [0.1, 0.15) is 0 Å². The van der Waals surface area contributed by atoms with Gasteiger partial charge in [0.2, 0.25) is 0 Å². The van der Waals surface area contributed by atoms with Gasteiger partial charge in [-0.1, -0.05) is 15.9 Å². The van der Waals surface area contributed by atoms with Gasteiger partial charge in [-0.25, -0.2) is 5.06 Å². The lowest BCUT2D eigenvalue weighted by atomic mass is 10.2. The van der Waals surface area contributed by atoms with Gasteiger partial charge in [0.25, 0.3) is 5.91 Å². The van der Waals surface area contributed by atoms with Crippen LogP contribution >= 0.6 is 15.9 Å². The number of rotatable bonds is 2. The zero-order valence-electron chi connectivity index (χ0n) is 8.22. The van der Waals surface area contributed by atoms with Gasteiger partial charge in [0.15, 0.2) is 0 Å². The Bertz CT molecular complexity index is 163. The summed E-state index contributed by atoms with van der Waals surface area (Å²) in [5.41, 5.74) is -0.327. The molecule has 0 heterocycles. The zero-order chi connectivity index (χ0) is 9.94. The Morgan fingerprint density at radius 2 is 1.92 bits per heavy atom. The van der Waals surface area contributed by atoms with E-state index in [1.807, 2.05) is 20.8 Å². The van der Waals surface area contributed by atoms with E-state index >= 15 is 0 Å². The van der Waals surface area contributed by atoms with Crippen LogP contribution in [0.1, 0.15) is 27.7 Å². The van der Waals surface area contributed by atoms with Gasteiger partial charge < -0.3 is 0 Å². The van der Waals surface area contributed by atoms with Crippen molar-refractivity contribution in [1.82, 2.24) is 5.06 Å². The lowest BCUT2D eigenvalue weighted by Crippen LogP contribution is -2.38. The number of halogens is 1. The van der Waals surface area contributed by atoms with E-state index in [2.05, 4.69) is 15.9 Å². The molecular weight excluding hydrogens is 222 g/mol. The summed E-state index contributed by atoms with van der Waals surface area (Å²) in [5, 5.41) is 1.26. The molecule has 3 nitrogen and oxygen atoms in total. The van der Waals surface area contributed by atoms with Gasteiger partial charge in [-0.2, -0.15) is 0 Å². The maximum Gasteiger partial charge on any atom is 0.259 e. The van der Waals surface area contributed by atoms with Crippen molar-refractivity contribution in [3.8, 4) is 0 Å². The fourth-order valence-corrected chi connectivity index (χ4v) is 0.995. The third-order valence-electron chi connectivity index (χ3n) is 1.06. The number of hydrogen-bond donors (Lipinski definition) is 0. The van der Waals surface area contributed by atoms with E-state index in [0.717, 1.165) is 0 Å². The highest BCUT2D eigenvalue weighted by molar-refractivity contribution is 9.10. The molecule has 0 aromatic carbocycles. The molecule has 0 saturated carbocycles. The molecule has 0 N–H and O–H groups in total. The van der Waals surface area contributed by atoms with Crippen LogP contribution in [0.3, 0.4) is 0 Å². The Morgan fingerprint density at radius 1 is 1.50 bits per heavy atom. The van der Waals surface area contributed by atoms with E-state index in [1.165, 1.54) is 5.06 Å². The summed E-state index contributed by atoms with van der Waals surface area (Å²) in [6.45, 7) is 7.46. The Hall–Kier alpha value is -0.0900. The van der Waals surface area contributed by atoms with Gasteiger partial charge in [-0.05, 0) is 27.7 Å². The van der Waals surface area contributed by atoms with Crippen LogP contribution in [-0.2, 0) is 9.63 Å². The van der Waals surface area contributed by atoms with Gasteiger partial charge in [-0.15, -0.1) is 0 Å². The van der Waals surface area contributed by atoms with E-state index in [1.54, 1.807) is 14.0 Å². The largest absolute Gasteiger partial charge is 0.271 e.